The Morgan fingerprint density at radius 1 is 1.33 bits per heavy atom. The molecule has 0 radical (unpaired) electrons. The molecule has 2 N–H and O–H groups in total. The van der Waals surface area contributed by atoms with Gasteiger partial charge < -0.3 is 10.6 Å². The van der Waals surface area contributed by atoms with Crippen LogP contribution in [0.3, 0.4) is 0 Å². The van der Waals surface area contributed by atoms with Crippen molar-refractivity contribution in [1.29, 1.82) is 0 Å². The molecule has 3 rings (SSSR count). The second kappa shape index (κ2) is 5.50. The van der Waals surface area contributed by atoms with E-state index in [1.54, 1.807) is 11.3 Å². The van der Waals surface area contributed by atoms with Crippen molar-refractivity contribution < 1.29 is 0 Å². The van der Waals surface area contributed by atoms with Gasteiger partial charge in [-0.15, -0.1) is 11.3 Å². The number of benzene rings is 1. The predicted octanol–water partition coefficient (Wildman–Crippen LogP) is 2.79. The molecule has 4 heteroatoms. The molecule has 0 fully saturated rings. The maximum Gasteiger partial charge on any atom is 0.0794 e. The average Bonchev–Trinajstić information content (AvgIpc) is 2.92. The number of rotatable bonds is 4. The zero-order valence-electron chi connectivity index (χ0n) is 10.3. The van der Waals surface area contributed by atoms with Crippen molar-refractivity contribution in [2.24, 2.45) is 0 Å². The van der Waals surface area contributed by atoms with Crippen molar-refractivity contribution in [2.75, 3.05) is 11.9 Å². The number of aromatic nitrogens is 1. The van der Waals surface area contributed by atoms with E-state index in [0.717, 1.165) is 19.6 Å². The van der Waals surface area contributed by atoms with Crippen molar-refractivity contribution >= 4 is 17.0 Å². The average molecular weight is 259 g/mol. The Kier molecular flexibility index (Phi) is 3.57. The minimum Gasteiger partial charge on any atom is -0.385 e. The van der Waals surface area contributed by atoms with Crippen LogP contribution in [0.2, 0.25) is 0 Å². The van der Waals surface area contributed by atoms with Gasteiger partial charge in [0.1, 0.15) is 0 Å². The van der Waals surface area contributed by atoms with Gasteiger partial charge in [0.15, 0.2) is 0 Å². The Morgan fingerprint density at radius 3 is 3.22 bits per heavy atom. The molecule has 94 valence electrons. The van der Waals surface area contributed by atoms with Crippen LogP contribution in [0.5, 0.6) is 0 Å². The van der Waals surface area contributed by atoms with Crippen LogP contribution in [0.1, 0.15) is 22.4 Å². The molecule has 0 saturated heterocycles. The maximum atomic E-state index is 4.09. The van der Waals surface area contributed by atoms with Crippen LogP contribution in [0.15, 0.2) is 29.9 Å². The van der Waals surface area contributed by atoms with Gasteiger partial charge in [-0.05, 0) is 30.0 Å². The molecule has 0 aliphatic carbocycles. The van der Waals surface area contributed by atoms with Gasteiger partial charge in [-0.25, -0.2) is 0 Å². The summed E-state index contributed by atoms with van der Waals surface area (Å²) in [5, 5.41) is 6.97. The summed E-state index contributed by atoms with van der Waals surface area (Å²) < 4.78 is 0. The van der Waals surface area contributed by atoms with Crippen molar-refractivity contribution in [3.8, 4) is 0 Å². The summed E-state index contributed by atoms with van der Waals surface area (Å²) in [6.07, 6.45) is 4.36. The Labute approximate surface area is 111 Å². The molecule has 0 spiro atoms. The number of nitrogens with one attached hydrogen (secondary N) is 2. The van der Waals surface area contributed by atoms with E-state index in [9.17, 15) is 0 Å². The van der Waals surface area contributed by atoms with E-state index < -0.39 is 0 Å². The fourth-order valence-corrected chi connectivity index (χ4v) is 2.96. The molecule has 3 nitrogen and oxygen atoms in total. The quantitative estimate of drug-likeness (QED) is 0.886. The third kappa shape index (κ3) is 2.54. The lowest BCUT2D eigenvalue weighted by Gasteiger charge is -2.21. The van der Waals surface area contributed by atoms with Gasteiger partial charge in [-0.3, -0.25) is 4.98 Å². The third-order valence-electron chi connectivity index (χ3n) is 3.29. The summed E-state index contributed by atoms with van der Waals surface area (Å²) in [5.74, 6) is 0. The van der Waals surface area contributed by atoms with Gasteiger partial charge in [0, 0.05) is 36.4 Å². The highest BCUT2D eigenvalue weighted by Gasteiger charge is 2.11. The standard InChI is InChI=1S/C14H17N3S/c1-3-11(7-15-8-12-9-16-10-18-12)13-4-2-6-17-14(13)5-1/h1,3,5,9-10,15,17H,2,4,6-8H2. The number of fused-ring (bicyclic) bond motifs is 1. The van der Waals surface area contributed by atoms with Crippen LogP contribution in [0.4, 0.5) is 5.69 Å². The summed E-state index contributed by atoms with van der Waals surface area (Å²) in [6.45, 7) is 2.94. The first kappa shape index (κ1) is 11.7. The lowest BCUT2D eigenvalue weighted by Crippen LogP contribution is -2.17. The molecular formula is C14H17N3S. The number of nitrogens with zero attached hydrogens (tertiary/aromatic N) is 1. The molecule has 0 unspecified atom stereocenters. The molecule has 2 heterocycles. The molecule has 0 amide bonds. The minimum absolute atomic E-state index is 0.905. The number of thiazole rings is 1. The second-order valence-corrected chi connectivity index (χ2v) is 5.52. The lowest BCUT2D eigenvalue weighted by atomic mass is 9.97. The van der Waals surface area contributed by atoms with E-state index in [-0.39, 0.29) is 0 Å². The first-order valence-electron chi connectivity index (χ1n) is 6.36. The molecule has 1 aromatic heterocycles. The molecule has 1 aliphatic rings. The van der Waals surface area contributed by atoms with Crippen molar-refractivity contribution in [2.45, 2.75) is 25.9 Å². The molecule has 18 heavy (non-hydrogen) atoms. The highest BCUT2D eigenvalue weighted by molar-refractivity contribution is 7.09. The van der Waals surface area contributed by atoms with Crippen LogP contribution in [0, 0.1) is 0 Å². The van der Waals surface area contributed by atoms with Crippen LogP contribution in [-0.4, -0.2) is 11.5 Å². The molecule has 0 bridgehead atoms. The fourth-order valence-electron chi connectivity index (χ4n) is 2.40. The predicted molar refractivity (Wildman–Crippen MR) is 75.9 cm³/mol. The highest BCUT2D eigenvalue weighted by Crippen LogP contribution is 2.25. The SMILES string of the molecule is c1cc(CNCc2cncs2)c2c(c1)NCCC2. The van der Waals surface area contributed by atoms with Crippen molar-refractivity contribution in [3.63, 3.8) is 0 Å². The maximum absolute atomic E-state index is 4.09. The molecule has 0 saturated carbocycles. The highest BCUT2D eigenvalue weighted by atomic mass is 32.1. The minimum atomic E-state index is 0.905. The molecule has 0 atom stereocenters. The number of anilines is 1. The Hall–Kier alpha value is -1.39. The van der Waals surface area contributed by atoms with Crippen molar-refractivity contribution in [1.82, 2.24) is 10.3 Å². The number of hydrogen-bond acceptors (Lipinski definition) is 4. The van der Waals surface area contributed by atoms with E-state index in [4.69, 9.17) is 0 Å². The number of hydrogen-bond donors (Lipinski definition) is 2. The zero-order valence-corrected chi connectivity index (χ0v) is 11.1. The second-order valence-electron chi connectivity index (χ2n) is 4.54. The topological polar surface area (TPSA) is 37.0 Å². The Balaban J connectivity index is 1.65. The van der Waals surface area contributed by atoms with Gasteiger partial charge in [-0.2, -0.15) is 0 Å². The molecular weight excluding hydrogens is 242 g/mol. The van der Waals surface area contributed by atoms with Crippen LogP contribution in [-0.2, 0) is 19.5 Å². The molecule has 1 aromatic carbocycles. The van der Waals surface area contributed by atoms with Gasteiger partial charge >= 0.3 is 0 Å². The van der Waals surface area contributed by atoms with Gasteiger partial charge in [0.25, 0.3) is 0 Å². The first-order valence-corrected chi connectivity index (χ1v) is 7.24. The van der Waals surface area contributed by atoms with E-state index in [0.29, 0.717) is 0 Å². The fraction of sp³-hybridized carbons (Fsp3) is 0.357. The summed E-state index contributed by atoms with van der Waals surface area (Å²) in [6, 6.07) is 6.55. The zero-order chi connectivity index (χ0) is 12.2. The first-order chi connectivity index (χ1) is 8.93. The van der Waals surface area contributed by atoms with Gasteiger partial charge in [-0.1, -0.05) is 12.1 Å². The Morgan fingerprint density at radius 2 is 2.33 bits per heavy atom. The molecule has 1 aliphatic heterocycles. The summed E-state index contributed by atoms with van der Waals surface area (Å²) >= 11 is 1.70. The van der Waals surface area contributed by atoms with E-state index in [1.807, 2.05) is 11.7 Å². The normalized spacial score (nSPS) is 14.0. The largest absolute Gasteiger partial charge is 0.385 e. The summed E-state index contributed by atoms with van der Waals surface area (Å²) in [5.41, 5.74) is 6.11. The van der Waals surface area contributed by atoms with E-state index in [1.165, 1.54) is 34.5 Å². The lowest BCUT2D eigenvalue weighted by molar-refractivity contribution is 0.688. The summed E-state index contributed by atoms with van der Waals surface area (Å²) in [4.78, 5) is 5.38. The third-order valence-corrected chi connectivity index (χ3v) is 4.07. The van der Waals surface area contributed by atoms with Crippen LogP contribution < -0.4 is 10.6 Å². The monoisotopic (exact) mass is 259 g/mol. The van der Waals surface area contributed by atoms with E-state index in [2.05, 4.69) is 33.8 Å². The van der Waals surface area contributed by atoms with Crippen LogP contribution >= 0.6 is 11.3 Å². The Bertz CT molecular complexity index is 508. The van der Waals surface area contributed by atoms with Crippen LogP contribution in [0.25, 0.3) is 0 Å². The van der Waals surface area contributed by atoms with E-state index >= 15 is 0 Å². The van der Waals surface area contributed by atoms with Crippen molar-refractivity contribution in [3.05, 3.63) is 45.9 Å². The van der Waals surface area contributed by atoms with Gasteiger partial charge in [0.05, 0.1) is 5.51 Å². The smallest absolute Gasteiger partial charge is 0.0794 e. The summed E-state index contributed by atoms with van der Waals surface area (Å²) in [7, 11) is 0. The van der Waals surface area contributed by atoms with Gasteiger partial charge in [0.2, 0.25) is 0 Å². The molecule has 2 aromatic rings.